The van der Waals surface area contributed by atoms with Crippen LogP contribution in [-0.4, -0.2) is 27.0 Å². The molecule has 0 saturated carbocycles. The average Bonchev–Trinajstić information content (AvgIpc) is 3.20. The molecule has 4 rings (SSSR count). The fourth-order valence-electron chi connectivity index (χ4n) is 2.97. The lowest BCUT2D eigenvalue weighted by Gasteiger charge is -2.11. The number of H-pyrrole nitrogens is 1. The molecule has 0 unspecified atom stereocenters. The van der Waals surface area contributed by atoms with Gasteiger partial charge in [-0.05, 0) is 48.0 Å². The highest BCUT2D eigenvalue weighted by Crippen LogP contribution is 2.28. The van der Waals surface area contributed by atoms with Crippen molar-refractivity contribution >= 4 is 46.0 Å². The van der Waals surface area contributed by atoms with E-state index < -0.39 is 0 Å². The number of anilines is 2. The van der Waals surface area contributed by atoms with E-state index in [2.05, 4.69) is 25.8 Å². The first-order valence-electron chi connectivity index (χ1n) is 9.27. The van der Waals surface area contributed by atoms with Crippen LogP contribution in [-0.2, 0) is 10.5 Å². The maximum atomic E-state index is 12.9. The van der Waals surface area contributed by atoms with Gasteiger partial charge in [-0.15, -0.1) is 11.8 Å². The Morgan fingerprint density at radius 1 is 1.07 bits per heavy atom. The lowest BCUT2D eigenvalue weighted by Crippen LogP contribution is -2.13. The first kappa shape index (κ1) is 19.7. The molecule has 2 amide bonds. The minimum Gasteiger partial charge on any atom is -0.322 e. The van der Waals surface area contributed by atoms with Gasteiger partial charge in [-0.1, -0.05) is 12.1 Å². The second-order valence-electron chi connectivity index (χ2n) is 6.64. The first-order valence-corrected chi connectivity index (χ1v) is 10.3. The summed E-state index contributed by atoms with van der Waals surface area (Å²) >= 11 is 1.55. The highest BCUT2D eigenvalue weighted by molar-refractivity contribution is 7.98. The van der Waals surface area contributed by atoms with E-state index in [0.717, 1.165) is 21.4 Å². The Kier molecular flexibility index (Phi) is 5.76. The molecule has 8 heteroatoms. The van der Waals surface area contributed by atoms with Crippen LogP contribution in [0.3, 0.4) is 0 Å². The van der Waals surface area contributed by atoms with Crippen molar-refractivity contribution in [3.05, 3.63) is 78.1 Å². The number of hydrogen-bond donors (Lipinski definition) is 3. The zero-order chi connectivity index (χ0) is 20.9. The second kappa shape index (κ2) is 8.79. The van der Waals surface area contributed by atoms with Crippen molar-refractivity contribution in [2.24, 2.45) is 0 Å². The van der Waals surface area contributed by atoms with Crippen LogP contribution in [0.2, 0.25) is 0 Å². The monoisotopic (exact) mass is 417 g/mol. The number of hydrogen-bond acceptors (Lipinski definition) is 5. The lowest BCUT2D eigenvalue weighted by atomic mass is 10.2. The summed E-state index contributed by atoms with van der Waals surface area (Å²) in [6, 6.07) is 16.8. The molecule has 4 aromatic rings. The van der Waals surface area contributed by atoms with Gasteiger partial charge in [-0.25, -0.2) is 4.98 Å². The Morgan fingerprint density at radius 2 is 1.93 bits per heavy atom. The maximum absolute atomic E-state index is 12.9. The Bertz CT molecular complexity index is 1220. The third-order valence-electron chi connectivity index (χ3n) is 4.35. The Labute approximate surface area is 177 Å². The standard InChI is InChI=1S/C22H19N5O2S/c1-14(28)25-21-10-15(8-9-23-21)13-30-20-5-3-2-4-18(20)22(29)26-17-7-6-16-12-24-27-19(16)11-17/h2-12H,13H2,1H3,(H,24,27)(H,26,29)(H,23,25,28). The minimum absolute atomic E-state index is 0.164. The molecule has 7 nitrogen and oxygen atoms in total. The van der Waals surface area contributed by atoms with Gasteiger partial charge < -0.3 is 10.6 Å². The van der Waals surface area contributed by atoms with Gasteiger partial charge in [0.05, 0.1) is 17.3 Å². The number of pyridine rings is 1. The predicted molar refractivity (Wildman–Crippen MR) is 119 cm³/mol. The minimum atomic E-state index is -0.175. The fourth-order valence-corrected chi connectivity index (χ4v) is 3.96. The van der Waals surface area contributed by atoms with E-state index in [1.807, 2.05) is 54.6 Å². The number of carbonyl (C=O) groups is 2. The van der Waals surface area contributed by atoms with E-state index >= 15 is 0 Å². The van der Waals surface area contributed by atoms with E-state index in [-0.39, 0.29) is 11.8 Å². The van der Waals surface area contributed by atoms with Crippen molar-refractivity contribution in [1.82, 2.24) is 15.2 Å². The summed E-state index contributed by atoms with van der Waals surface area (Å²) in [7, 11) is 0. The normalized spacial score (nSPS) is 10.7. The molecule has 3 N–H and O–H groups in total. The molecule has 0 aliphatic carbocycles. The molecule has 0 fully saturated rings. The van der Waals surface area contributed by atoms with E-state index in [0.29, 0.717) is 22.8 Å². The molecule has 2 aromatic heterocycles. The molecule has 0 aliphatic heterocycles. The number of thioether (sulfide) groups is 1. The Morgan fingerprint density at radius 3 is 2.80 bits per heavy atom. The van der Waals surface area contributed by atoms with Crippen LogP contribution in [0.25, 0.3) is 10.9 Å². The molecule has 0 spiro atoms. The van der Waals surface area contributed by atoms with Gasteiger partial charge in [0.2, 0.25) is 5.91 Å². The summed E-state index contributed by atoms with van der Waals surface area (Å²) in [5.41, 5.74) is 3.16. The average molecular weight is 417 g/mol. The van der Waals surface area contributed by atoms with Gasteiger partial charge in [0.15, 0.2) is 0 Å². The number of nitrogens with one attached hydrogen (secondary N) is 3. The maximum Gasteiger partial charge on any atom is 0.256 e. The van der Waals surface area contributed by atoms with Crippen molar-refractivity contribution < 1.29 is 9.59 Å². The summed E-state index contributed by atoms with van der Waals surface area (Å²) in [6.45, 7) is 1.45. The molecule has 150 valence electrons. The van der Waals surface area contributed by atoms with Crippen LogP contribution >= 0.6 is 11.8 Å². The molecule has 0 saturated heterocycles. The van der Waals surface area contributed by atoms with Gasteiger partial charge in [0.25, 0.3) is 5.91 Å². The Hall–Kier alpha value is -3.65. The summed E-state index contributed by atoms with van der Waals surface area (Å²) in [4.78, 5) is 29.1. The van der Waals surface area contributed by atoms with Crippen molar-refractivity contribution in [2.45, 2.75) is 17.6 Å². The number of nitrogens with zero attached hydrogens (tertiary/aromatic N) is 2. The number of fused-ring (bicyclic) bond motifs is 1. The zero-order valence-corrected chi connectivity index (χ0v) is 17.0. The summed E-state index contributed by atoms with van der Waals surface area (Å²) in [5, 5.41) is 13.5. The molecule has 2 aromatic carbocycles. The predicted octanol–water partition coefficient (Wildman–Crippen LogP) is 4.46. The van der Waals surface area contributed by atoms with Crippen molar-refractivity contribution in [2.75, 3.05) is 10.6 Å². The molecule has 0 bridgehead atoms. The number of aromatic nitrogens is 3. The number of benzene rings is 2. The highest BCUT2D eigenvalue weighted by Gasteiger charge is 2.12. The number of aromatic amines is 1. The van der Waals surface area contributed by atoms with Gasteiger partial charge in [-0.3, -0.25) is 14.7 Å². The third kappa shape index (κ3) is 4.66. The number of amides is 2. The molecular weight excluding hydrogens is 398 g/mol. The first-order chi connectivity index (χ1) is 14.6. The van der Waals surface area contributed by atoms with Crippen LogP contribution in [0.15, 0.2) is 71.9 Å². The zero-order valence-electron chi connectivity index (χ0n) is 16.2. The SMILES string of the molecule is CC(=O)Nc1cc(CSc2ccccc2C(=O)Nc2ccc3cn[nH]c3c2)ccn1. The molecule has 30 heavy (non-hydrogen) atoms. The van der Waals surface area contributed by atoms with E-state index in [1.54, 1.807) is 24.2 Å². The number of carbonyl (C=O) groups excluding carboxylic acids is 2. The fraction of sp³-hybridized carbons (Fsp3) is 0.0909. The summed E-state index contributed by atoms with van der Waals surface area (Å²) < 4.78 is 0. The van der Waals surface area contributed by atoms with Gasteiger partial charge in [0, 0.05) is 34.8 Å². The topological polar surface area (TPSA) is 99.8 Å². The smallest absolute Gasteiger partial charge is 0.256 e. The molecule has 0 atom stereocenters. The molecule has 2 heterocycles. The number of rotatable bonds is 6. The van der Waals surface area contributed by atoms with Crippen LogP contribution in [0.5, 0.6) is 0 Å². The van der Waals surface area contributed by atoms with Crippen LogP contribution in [0.1, 0.15) is 22.8 Å². The van der Waals surface area contributed by atoms with Crippen molar-refractivity contribution in [1.29, 1.82) is 0 Å². The molecule has 0 aliphatic rings. The van der Waals surface area contributed by atoms with Crippen molar-refractivity contribution in [3.63, 3.8) is 0 Å². The second-order valence-corrected chi connectivity index (χ2v) is 7.66. The largest absolute Gasteiger partial charge is 0.322 e. The van der Waals surface area contributed by atoms with Gasteiger partial charge in [-0.2, -0.15) is 5.10 Å². The van der Waals surface area contributed by atoms with Crippen LogP contribution < -0.4 is 10.6 Å². The summed E-state index contributed by atoms with van der Waals surface area (Å²) in [6.07, 6.45) is 3.40. The van der Waals surface area contributed by atoms with Crippen molar-refractivity contribution in [3.8, 4) is 0 Å². The van der Waals surface area contributed by atoms with Crippen LogP contribution in [0.4, 0.5) is 11.5 Å². The van der Waals surface area contributed by atoms with E-state index in [1.165, 1.54) is 6.92 Å². The van der Waals surface area contributed by atoms with E-state index in [4.69, 9.17) is 0 Å². The summed E-state index contributed by atoms with van der Waals surface area (Å²) in [5.74, 6) is 0.813. The van der Waals surface area contributed by atoms with Crippen LogP contribution in [0, 0.1) is 0 Å². The van der Waals surface area contributed by atoms with Gasteiger partial charge in [0.1, 0.15) is 5.82 Å². The molecular formula is C22H19N5O2S. The lowest BCUT2D eigenvalue weighted by molar-refractivity contribution is -0.114. The quantitative estimate of drug-likeness (QED) is 0.402. The molecule has 0 radical (unpaired) electrons. The van der Waals surface area contributed by atoms with Gasteiger partial charge >= 0.3 is 0 Å². The van der Waals surface area contributed by atoms with E-state index in [9.17, 15) is 9.59 Å². The highest BCUT2D eigenvalue weighted by atomic mass is 32.2. The third-order valence-corrected chi connectivity index (χ3v) is 5.50. The Balaban J connectivity index is 1.48.